The zero-order valence-electron chi connectivity index (χ0n) is 8.90. The molecule has 0 aliphatic carbocycles. The van der Waals surface area contributed by atoms with E-state index in [0.717, 1.165) is 5.56 Å². The Hall–Kier alpha value is -1.76. The van der Waals surface area contributed by atoms with Crippen LogP contribution in [0, 0.1) is 11.3 Å². The van der Waals surface area contributed by atoms with Crippen LogP contribution < -0.4 is 0 Å². The molecule has 0 aliphatic rings. The zero-order valence-corrected chi connectivity index (χ0v) is 8.90. The van der Waals surface area contributed by atoms with Crippen molar-refractivity contribution in [2.24, 2.45) is 4.99 Å². The van der Waals surface area contributed by atoms with E-state index in [9.17, 15) is 8.78 Å². The molecule has 84 valence electrons. The van der Waals surface area contributed by atoms with E-state index in [2.05, 4.69) is 4.99 Å². The molecule has 1 unspecified atom stereocenters. The van der Waals surface area contributed by atoms with Crippen LogP contribution in [-0.2, 0) is 0 Å². The lowest BCUT2D eigenvalue weighted by molar-refractivity contribution is 0.121. The van der Waals surface area contributed by atoms with Gasteiger partial charge in [0.2, 0.25) is 6.43 Å². The second-order valence-corrected chi connectivity index (χ2v) is 3.65. The highest BCUT2D eigenvalue weighted by molar-refractivity contribution is 5.79. The van der Waals surface area contributed by atoms with Gasteiger partial charge in [-0.2, -0.15) is 5.26 Å². The van der Waals surface area contributed by atoms with Gasteiger partial charge in [-0.15, -0.1) is 0 Å². The Morgan fingerprint density at radius 3 is 2.56 bits per heavy atom. The summed E-state index contributed by atoms with van der Waals surface area (Å²) in [6.07, 6.45) is -1.63. The van der Waals surface area contributed by atoms with Crippen LogP contribution in [-0.4, -0.2) is 18.2 Å². The van der Waals surface area contributed by atoms with Crippen molar-refractivity contribution in [3.63, 3.8) is 0 Å². The topological polar surface area (TPSA) is 36.1 Å². The Labute approximate surface area is 93.2 Å². The molecule has 1 aromatic carbocycles. The van der Waals surface area contributed by atoms with Gasteiger partial charge in [0.25, 0.3) is 0 Å². The molecule has 0 heterocycles. The largest absolute Gasteiger partial charge is 0.271 e. The fourth-order valence-electron chi connectivity index (χ4n) is 1.18. The number of halogens is 2. The van der Waals surface area contributed by atoms with Crippen LogP contribution >= 0.6 is 0 Å². The van der Waals surface area contributed by atoms with Gasteiger partial charge in [0, 0.05) is 12.6 Å². The lowest BCUT2D eigenvalue weighted by Crippen LogP contribution is -2.23. The molecule has 0 radical (unpaired) electrons. The Bertz CT molecular complexity index is 395. The second kappa shape index (κ2) is 5.36. The fraction of sp³-hybridized carbons (Fsp3) is 0.333. The number of hydrogen-bond acceptors (Lipinski definition) is 2. The number of hydrogen-bond donors (Lipinski definition) is 0. The molecule has 0 aliphatic heterocycles. The number of aliphatic imine (C=N–C) groups is 1. The Kier molecular flexibility index (Phi) is 4.12. The van der Waals surface area contributed by atoms with Crippen LogP contribution in [0.2, 0.25) is 0 Å². The molecule has 0 fully saturated rings. The standard InChI is InChI=1S/C12H12F2N2/c1-12(9-15,7-11(13)14)16-8-10-5-3-2-4-6-10/h2-6,8,11H,7H2,1H3. The van der Waals surface area contributed by atoms with Gasteiger partial charge in [-0.1, -0.05) is 30.3 Å². The average Bonchev–Trinajstić information content (AvgIpc) is 2.27. The van der Waals surface area contributed by atoms with Crippen LogP contribution in [0.5, 0.6) is 0 Å². The highest BCUT2D eigenvalue weighted by atomic mass is 19.3. The molecule has 0 amide bonds. The number of benzene rings is 1. The quantitative estimate of drug-likeness (QED) is 0.721. The predicted octanol–water partition coefficient (Wildman–Crippen LogP) is 3.04. The minimum Gasteiger partial charge on any atom is -0.271 e. The highest BCUT2D eigenvalue weighted by Crippen LogP contribution is 2.19. The summed E-state index contributed by atoms with van der Waals surface area (Å²) in [4.78, 5) is 3.92. The minimum absolute atomic E-state index is 0.549. The van der Waals surface area contributed by atoms with Gasteiger partial charge >= 0.3 is 0 Å². The molecule has 1 rings (SSSR count). The number of nitrogens with zero attached hydrogens (tertiary/aromatic N) is 2. The highest BCUT2D eigenvalue weighted by Gasteiger charge is 2.26. The third-order valence-corrected chi connectivity index (χ3v) is 2.09. The third-order valence-electron chi connectivity index (χ3n) is 2.09. The molecule has 0 aromatic heterocycles. The van der Waals surface area contributed by atoms with E-state index in [0.29, 0.717) is 0 Å². The van der Waals surface area contributed by atoms with Crippen molar-refractivity contribution in [2.75, 3.05) is 0 Å². The molecular weight excluding hydrogens is 210 g/mol. The number of rotatable bonds is 4. The van der Waals surface area contributed by atoms with E-state index in [1.54, 1.807) is 18.2 Å². The lowest BCUT2D eigenvalue weighted by Gasteiger charge is -2.15. The van der Waals surface area contributed by atoms with Gasteiger partial charge in [-0.3, -0.25) is 4.99 Å². The van der Waals surface area contributed by atoms with Crippen LogP contribution in [0.4, 0.5) is 8.78 Å². The minimum atomic E-state index is -2.53. The Morgan fingerprint density at radius 2 is 2.06 bits per heavy atom. The first kappa shape index (κ1) is 12.3. The Balaban J connectivity index is 2.78. The van der Waals surface area contributed by atoms with Gasteiger partial charge in [0.1, 0.15) is 5.54 Å². The lowest BCUT2D eigenvalue weighted by atomic mass is 10.0. The predicted molar refractivity (Wildman–Crippen MR) is 58.7 cm³/mol. The second-order valence-electron chi connectivity index (χ2n) is 3.65. The normalized spacial score (nSPS) is 14.9. The summed E-state index contributed by atoms with van der Waals surface area (Å²) >= 11 is 0. The summed E-state index contributed by atoms with van der Waals surface area (Å²) < 4.78 is 24.4. The van der Waals surface area contributed by atoms with Crippen LogP contribution in [0.3, 0.4) is 0 Å². The van der Waals surface area contributed by atoms with Crippen LogP contribution in [0.25, 0.3) is 0 Å². The summed E-state index contributed by atoms with van der Waals surface area (Å²) in [7, 11) is 0. The first-order valence-corrected chi connectivity index (χ1v) is 4.85. The fourth-order valence-corrected chi connectivity index (χ4v) is 1.18. The smallest absolute Gasteiger partial charge is 0.242 e. The summed E-state index contributed by atoms with van der Waals surface area (Å²) in [6, 6.07) is 10.9. The molecule has 1 atom stereocenters. The van der Waals surface area contributed by atoms with Gasteiger partial charge in [0.05, 0.1) is 6.07 Å². The molecule has 4 heteroatoms. The molecule has 0 bridgehead atoms. The average molecular weight is 222 g/mol. The zero-order chi connectivity index (χ0) is 12.0. The molecule has 2 nitrogen and oxygen atoms in total. The monoisotopic (exact) mass is 222 g/mol. The van der Waals surface area contributed by atoms with E-state index in [-0.39, 0.29) is 0 Å². The molecular formula is C12H12F2N2. The van der Waals surface area contributed by atoms with Crippen molar-refractivity contribution in [3.05, 3.63) is 35.9 Å². The molecule has 0 spiro atoms. The van der Waals surface area contributed by atoms with Crippen molar-refractivity contribution >= 4 is 6.21 Å². The van der Waals surface area contributed by atoms with E-state index in [1.807, 2.05) is 18.2 Å². The van der Waals surface area contributed by atoms with E-state index in [4.69, 9.17) is 5.26 Å². The summed E-state index contributed by atoms with van der Waals surface area (Å²) in [6.45, 7) is 1.40. The summed E-state index contributed by atoms with van der Waals surface area (Å²) in [5.74, 6) is 0. The van der Waals surface area contributed by atoms with Crippen molar-refractivity contribution in [2.45, 2.75) is 25.3 Å². The number of alkyl halides is 2. The third kappa shape index (κ3) is 3.77. The molecule has 0 saturated carbocycles. The van der Waals surface area contributed by atoms with Gasteiger partial charge < -0.3 is 0 Å². The van der Waals surface area contributed by atoms with Crippen molar-refractivity contribution in [1.29, 1.82) is 5.26 Å². The maximum absolute atomic E-state index is 12.2. The molecule has 1 aromatic rings. The van der Waals surface area contributed by atoms with Crippen LogP contribution in [0.1, 0.15) is 18.9 Å². The maximum atomic E-state index is 12.2. The maximum Gasteiger partial charge on any atom is 0.242 e. The summed E-state index contributed by atoms with van der Waals surface area (Å²) in [5, 5.41) is 8.82. The van der Waals surface area contributed by atoms with Gasteiger partial charge in [0.15, 0.2) is 0 Å². The number of nitriles is 1. The van der Waals surface area contributed by atoms with E-state index < -0.39 is 18.4 Å². The van der Waals surface area contributed by atoms with Crippen molar-refractivity contribution in [1.82, 2.24) is 0 Å². The molecule has 0 saturated heterocycles. The van der Waals surface area contributed by atoms with Crippen molar-refractivity contribution in [3.8, 4) is 6.07 Å². The SMILES string of the molecule is CC(C#N)(CC(F)F)N=Cc1ccccc1. The summed E-state index contributed by atoms with van der Waals surface area (Å²) in [5.41, 5.74) is -0.567. The first-order valence-electron chi connectivity index (χ1n) is 4.85. The Morgan fingerprint density at radius 1 is 1.44 bits per heavy atom. The van der Waals surface area contributed by atoms with Crippen molar-refractivity contribution < 1.29 is 8.78 Å². The van der Waals surface area contributed by atoms with Gasteiger partial charge in [-0.25, -0.2) is 8.78 Å². The van der Waals surface area contributed by atoms with Gasteiger partial charge in [-0.05, 0) is 12.5 Å². The van der Waals surface area contributed by atoms with E-state index in [1.165, 1.54) is 13.1 Å². The van der Waals surface area contributed by atoms with Crippen LogP contribution in [0.15, 0.2) is 35.3 Å². The van der Waals surface area contributed by atoms with E-state index >= 15 is 0 Å². The molecule has 0 N–H and O–H groups in total. The molecule has 16 heavy (non-hydrogen) atoms. The first-order chi connectivity index (χ1) is 7.56.